The molecule has 1 aromatic rings. The van der Waals surface area contributed by atoms with E-state index < -0.39 is 0 Å². The fourth-order valence-corrected chi connectivity index (χ4v) is 2.26. The third-order valence-electron chi connectivity index (χ3n) is 3.42. The molecule has 18 heavy (non-hydrogen) atoms. The summed E-state index contributed by atoms with van der Waals surface area (Å²) in [4.78, 5) is 4.29. The van der Waals surface area contributed by atoms with Gasteiger partial charge in [-0.2, -0.15) is 5.10 Å². The lowest BCUT2D eigenvalue weighted by Crippen LogP contribution is -2.41. The SMILES string of the molecule is CC(C)Cn1ncnc1COC1CNCCC1C. The first-order chi connectivity index (χ1) is 8.66. The lowest BCUT2D eigenvalue weighted by Gasteiger charge is -2.29. The molecule has 0 saturated carbocycles. The van der Waals surface area contributed by atoms with E-state index in [1.165, 1.54) is 6.42 Å². The summed E-state index contributed by atoms with van der Waals surface area (Å²) in [5, 5.41) is 7.62. The second-order valence-corrected chi connectivity index (χ2v) is 5.57. The maximum Gasteiger partial charge on any atom is 0.152 e. The van der Waals surface area contributed by atoms with Gasteiger partial charge in [0.15, 0.2) is 5.82 Å². The summed E-state index contributed by atoms with van der Waals surface area (Å²) in [6.07, 6.45) is 3.09. The summed E-state index contributed by atoms with van der Waals surface area (Å²) in [5.41, 5.74) is 0. The van der Waals surface area contributed by atoms with Crippen molar-refractivity contribution >= 4 is 0 Å². The highest BCUT2D eigenvalue weighted by Crippen LogP contribution is 2.16. The highest BCUT2D eigenvalue weighted by atomic mass is 16.5. The molecule has 1 saturated heterocycles. The Balaban J connectivity index is 1.87. The Morgan fingerprint density at radius 3 is 3.11 bits per heavy atom. The summed E-state index contributed by atoms with van der Waals surface area (Å²) >= 11 is 0. The van der Waals surface area contributed by atoms with E-state index in [4.69, 9.17) is 4.74 Å². The van der Waals surface area contributed by atoms with Crippen molar-refractivity contribution in [2.75, 3.05) is 13.1 Å². The fourth-order valence-electron chi connectivity index (χ4n) is 2.26. The summed E-state index contributed by atoms with van der Waals surface area (Å²) in [6, 6.07) is 0. The number of hydrogen-bond acceptors (Lipinski definition) is 4. The molecule has 5 heteroatoms. The molecule has 1 aromatic heterocycles. The first-order valence-electron chi connectivity index (χ1n) is 6.86. The van der Waals surface area contributed by atoms with E-state index in [2.05, 4.69) is 36.2 Å². The third kappa shape index (κ3) is 3.53. The Hall–Kier alpha value is -0.940. The van der Waals surface area contributed by atoms with Crippen LogP contribution in [0.3, 0.4) is 0 Å². The fraction of sp³-hybridized carbons (Fsp3) is 0.846. The molecule has 102 valence electrons. The van der Waals surface area contributed by atoms with E-state index in [0.29, 0.717) is 24.5 Å². The number of rotatable bonds is 5. The van der Waals surface area contributed by atoms with Crippen LogP contribution < -0.4 is 5.32 Å². The largest absolute Gasteiger partial charge is 0.369 e. The van der Waals surface area contributed by atoms with Crippen molar-refractivity contribution in [1.82, 2.24) is 20.1 Å². The minimum absolute atomic E-state index is 0.294. The number of ether oxygens (including phenoxy) is 1. The van der Waals surface area contributed by atoms with Gasteiger partial charge >= 0.3 is 0 Å². The molecule has 2 heterocycles. The predicted octanol–water partition coefficient (Wildman–Crippen LogP) is 1.45. The monoisotopic (exact) mass is 252 g/mol. The number of nitrogens with one attached hydrogen (secondary N) is 1. The van der Waals surface area contributed by atoms with Gasteiger partial charge in [0, 0.05) is 13.1 Å². The minimum Gasteiger partial charge on any atom is -0.369 e. The molecular formula is C13H24N4O. The van der Waals surface area contributed by atoms with Crippen LogP contribution >= 0.6 is 0 Å². The molecule has 5 nitrogen and oxygen atoms in total. The van der Waals surface area contributed by atoms with Gasteiger partial charge < -0.3 is 10.1 Å². The van der Waals surface area contributed by atoms with Gasteiger partial charge in [-0.1, -0.05) is 20.8 Å². The van der Waals surface area contributed by atoms with E-state index in [0.717, 1.165) is 25.5 Å². The molecular weight excluding hydrogens is 228 g/mol. The van der Waals surface area contributed by atoms with Crippen molar-refractivity contribution in [3.8, 4) is 0 Å². The van der Waals surface area contributed by atoms with E-state index >= 15 is 0 Å². The Labute approximate surface area is 109 Å². The van der Waals surface area contributed by atoms with Crippen LogP contribution in [0.25, 0.3) is 0 Å². The Morgan fingerprint density at radius 2 is 2.39 bits per heavy atom. The van der Waals surface area contributed by atoms with Gasteiger partial charge in [0.05, 0.1) is 6.10 Å². The summed E-state index contributed by atoms with van der Waals surface area (Å²) in [6.45, 7) is 10.1. The van der Waals surface area contributed by atoms with Gasteiger partial charge in [-0.25, -0.2) is 9.67 Å². The van der Waals surface area contributed by atoms with E-state index in [9.17, 15) is 0 Å². The average Bonchev–Trinajstić information content (AvgIpc) is 2.75. The lowest BCUT2D eigenvalue weighted by atomic mass is 9.97. The smallest absolute Gasteiger partial charge is 0.152 e. The Morgan fingerprint density at radius 1 is 1.56 bits per heavy atom. The van der Waals surface area contributed by atoms with Gasteiger partial charge in [-0.15, -0.1) is 0 Å². The highest BCUT2D eigenvalue weighted by molar-refractivity contribution is 4.83. The number of aromatic nitrogens is 3. The number of hydrogen-bond donors (Lipinski definition) is 1. The normalized spacial score (nSPS) is 24.7. The van der Waals surface area contributed by atoms with Crippen LogP contribution in [0.15, 0.2) is 6.33 Å². The quantitative estimate of drug-likeness (QED) is 0.861. The summed E-state index contributed by atoms with van der Waals surface area (Å²) in [7, 11) is 0. The van der Waals surface area contributed by atoms with Crippen LogP contribution in [0, 0.1) is 11.8 Å². The van der Waals surface area contributed by atoms with E-state index in [-0.39, 0.29) is 0 Å². The molecule has 0 radical (unpaired) electrons. The molecule has 0 bridgehead atoms. The van der Waals surface area contributed by atoms with Crippen molar-refractivity contribution in [3.63, 3.8) is 0 Å². The van der Waals surface area contributed by atoms with Gasteiger partial charge in [0.1, 0.15) is 12.9 Å². The van der Waals surface area contributed by atoms with Crippen LogP contribution in [0.5, 0.6) is 0 Å². The van der Waals surface area contributed by atoms with Crippen LogP contribution in [0.4, 0.5) is 0 Å². The van der Waals surface area contributed by atoms with E-state index in [1.807, 2.05) is 4.68 Å². The second-order valence-electron chi connectivity index (χ2n) is 5.57. The molecule has 2 unspecified atom stereocenters. The standard InChI is InChI=1S/C13H24N4O/c1-10(2)7-17-13(15-9-16-17)8-18-12-6-14-5-4-11(12)3/h9-12,14H,4-8H2,1-3H3. The van der Waals surface area contributed by atoms with Crippen LogP contribution in [0.2, 0.25) is 0 Å². The zero-order valence-corrected chi connectivity index (χ0v) is 11.6. The summed E-state index contributed by atoms with van der Waals surface area (Å²) in [5.74, 6) is 2.12. The van der Waals surface area contributed by atoms with Crippen molar-refractivity contribution in [3.05, 3.63) is 12.2 Å². The van der Waals surface area contributed by atoms with Gasteiger partial charge in [-0.05, 0) is 24.8 Å². The van der Waals surface area contributed by atoms with Crippen LogP contribution in [-0.2, 0) is 17.9 Å². The lowest BCUT2D eigenvalue weighted by molar-refractivity contribution is -0.0110. The molecule has 0 aromatic carbocycles. The first-order valence-corrected chi connectivity index (χ1v) is 6.86. The van der Waals surface area contributed by atoms with Gasteiger partial charge in [0.2, 0.25) is 0 Å². The summed E-state index contributed by atoms with van der Waals surface area (Å²) < 4.78 is 7.93. The van der Waals surface area contributed by atoms with Gasteiger partial charge in [-0.3, -0.25) is 0 Å². The number of piperidine rings is 1. The minimum atomic E-state index is 0.294. The van der Waals surface area contributed by atoms with Crippen molar-refractivity contribution in [1.29, 1.82) is 0 Å². The molecule has 0 aliphatic carbocycles. The number of nitrogens with zero attached hydrogens (tertiary/aromatic N) is 3. The predicted molar refractivity (Wildman–Crippen MR) is 70.1 cm³/mol. The molecule has 1 fully saturated rings. The van der Waals surface area contributed by atoms with Crippen molar-refractivity contribution < 1.29 is 4.74 Å². The Kier molecular flexibility index (Phi) is 4.72. The topological polar surface area (TPSA) is 52.0 Å². The molecule has 2 atom stereocenters. The maximum absolute atomic E-state index is 5.98. The van der Waals surface area contributed by atoms with Crippen LogP contribution in [-0.4, -0.2) is 34.0 Å². The molecule has 0 amide bonds. The molecule has 1 N–H and O–H groups in total. The molecule has 0 spiro atoms. The van der Waals surface area contributed by atoms with Crippen LogP contribution in [0.1, 0.15) is 33.0 Å². The average molecular weight is 252 g/mol. The third-order valence-corrected chi connectivity index (χ3v) is 3.42. The second kappa shape index (κ2) is 6.29. The highest BCUT2D eigenvalue weighted by Gasteiger charge is 2.22. The molecule has 2 rings (SSSR count). The molecule has 1 aliphatic rings. The zero-order valence-electron chi connectivity index (χ0n) is 11.6. The zero-order chi connectivity index (χ0) is 13.0. The Bertz CT molecular complexity index is 364. The van der Waals surface area contributed by atoms with E-state index in [1.54, 1.807) is 6.33 Å². The van der Waals surface area contributed by atoms with Gasteiger partial charge in [0.25, 0.3) is 0 Å². The van der Waals surface area contributed by atoms with Crippen molar-refractivity contribution in [2.24, 2.45) is 11.8 Å². The van der Waals surface area contributed by atoms with Crippen molar-refractivity contribution in [2.45, 2.75) is 46.4 Å². The molecule has 1 aliphatic heterocycles. The first kappa shape index (κ1) is 13.5. The maximum atomic E-state index is 5.98.